The van der Waals surface area contributed by atoms with Crippen LogP contribution in [0.3, 0.4) is 0 Å². The van der Waals surface area contributed by atoms with Crippen LogP contribution in [0.1, 0.15) is 17.2 Å². The third-order valence-electron chi connectivity index (χ3n) is 4.22. The van der Waals surface area contributed by atoms with Crippen molar-refractivity contribution in [3.05, 3.63) is 101 Å². The van der Waals surface area contributed by atoms with Crippen molar-refractivity contribution in [2.45, 2.75) is 6.04 Å². The second kappa shape index (κ2) is 10.5. The Balaban J connectivity index is 1.52. The van der Waals surface area contributed by atoms with Gasteiger partial charge in [-0.3, -0.25) is 10.1 Å². The van der Waals surface area contributed by atoms with Crippen LogP contribution < -0.4 is 15.4 Å². The maximum Gasteiger partial charge on any atom is 0.234 e. The number of para-hydroxylation sites is 1. The lowest BCUT2D eigenvalue weighted by Crippen LogP contribution is -2.37. The molecule has 0 heterocycles. The van der Waals surface area contributed by atoms with Gasteiger partial charge < -0.3 is 10.1 Å². The fourth-order valence-electron chi connectivity index (χ4n) is 2.89. The summed E-state index contributed by atoms with van der Waals surface area (Å²) in [6, 6.07) is 27.1. The maximum atomic E-state index is 12.2. The van der Waals surface area contributed by atoms with Crippen molar-refractivity contribution in [2.24, 2.45) is 0 Å². The summed E-state index contributed by atoms with van der Waals surface area (Å²) in [6.45, 7) is 1.06. The SMILES string of the molecule is O=C(CNC(c1ccccc1)c1cccc(Cl)c1)NCCOc1ccccc1. The van der Waals surface area contributed by atoms with Gasteiger partial charge in [0.05, 0.1) is 19.1 Å². The van der Waals surface area contributed by atoms with Gasteiger partial charge in [-0.1, -0.05) is 72.3 Å². The van der Waals surface area contributed by atoms with Crippen molar-refractivity contribution in [2.75, 3.05) is 19.7 Å². The highest BCUT2D eigenvalue weighted by atomic mass is 35.5. The molecule has 5 heteroatoms. The first-order valence-corrected chi connectivity index (χ1v) is 9.58. The Bertz CT molecular complexity index is 872. The number of amides is 1. The van der Waals surface area contributed by atoms with Crippen LogP contribution in [0.2, 0.25) is 5.02 Å². The Morgan fingerprint density at radius 2 is 1.57 bits per heavy atom. The van der Waals surface area contributed by atoms with E-state index in [1.165, 1.54) is 0 Å². The van der Waals surface area contributed by atoms with Crippen LogP contribution in [-0.2, 0) is 4.79 Å². The number of benzene rings is 3. The molecule has 3 aromatic rings. The summed E-state index contributed by atoms with van der Waals surface area (Å²) in [7, 11) is 0. The molecule has 4 nitrogen and oxygen atoms in total. The van der Waals surface area contributed by atoms with Crippen LogP contribution in [-0.4, -0.2) is 25.6 Å². The van der Waals surface area contributed by atoms with Gasteiger partial charge in [0, 0.05) is 5.02 Å². The molecule has 0 aliphatic rings. The monoisotopic (exact) mass is 394 g/mol. The first-order valence-electron chi connectivity index (χ1n) is 9.21. The zero-order valence-corrected chi connectivity index (χ0v) is 16.2. The molecule has 144 valence electrons. The molecular weight excluding hydrogens is 372 g/mol. The summed E-state index contributed by atoms with van der Waals surface area (Å²) in [6.07, 6.45) is 0. The average Bonchev–Trinajstić information content (AvgIpc) is 2.73. The number of carbonyl (C=O) groups is 1. The van der Waals surface area contributed by atoms with Crippen LogP contribution in [0.4, 0.5) is 0 Å². The van der Waals surface area contributed by atoms with Gasteiger partial charge in [-0.05, 0) is 35.4 Å². The molecule has 0 aromatic heterocycles. The molecule has 2 N–H and O–H groups in total. The fourth-order valence-corrected chi connectivity index (χ4v) is 3.09. The minimum atomic E-state index is -0.119. The van der Waals surface area contributed by atoms with Gasteiger partial charge >= 0.3 is 0 Å². The van der Waals surface area contributed by atoms with Crippen molar-refractivity contribution in [1.29, 1.82) is 0 Å². The number of nitrogens with one attached hydrogen (secondary N) is 2. The van der Waals surface area contributed by atoms with E-state index in [1.807, 2.05) is 84.9 Å². The van der Waals surface area contributed by atoms with Gasteiger partial charge in [0.2, 0.25) is 5.91 Å². The highest BCUT2D eigenvalue weighted by molar-refractivity contribution is 6.30. The van der Waals surface area contributed by atoms with Crippen molar-refractivity contribution in [1.82, 2.24) is 10.6 Å². The van der Waals surface area contributed by atoms with Crippen LogP contribution in [0.5, 0.6) is 5.75 Å². The molecule has 0 bridgehead atoms. The number of hydrogen-bond acceptors (Lipinski definition) is 3. The number of ether oxygens (including phenoxy) is 1. The lowest BCUT2D eigenvalue weighted by molar-refractivity contribution is -0.120. The summed E-state index contributed by atoms with van der Waals surface area (Å²) < 4.78 is 5.58. The van der Waals surface area contributed by atoms with E-state index in [2.05, 4.69) is 10.6 Å². The summed E-state index contributed by atoms with van der Waals surface area (Å²) >= 11 is 6.15. The average molecular weight is 395 g/mol. The number of halogens is 1. The van der Waals surface area contributed by atoms with Gasteiger partial charge in [-0.2, -0.15) is 0 Å². The molecular formula is C23H23ClN2O2. The van der Waals surface area contributed by atoms with Gasteiger partial charge in [0.15, 0.2) is 0 Å². The largest absolute Gasteiger partial charge is 0.492 e. The van der Waals surface area contributed by atoms with Gasteiger partial charge in [-0.15, -0.1) is 0 Å². The van der Waals surface area contributed by atoms with E-state index < -0.39 is 0 Å². The fraction of sp³-hybridized carbons (Fsp3) is 0.174. The molecule has 1 unspecified atom stereocenters. The Labute approximate surface area is 170 Å². The predicted molar refractivity (Wildman–Crippen MR) is 113 cm³/mol. The molecule has 1 amide bonds. The topological polar surface area (TPSA) is 50.4 Å². The maximum absolute atomic E-state index is 12.2. The molecule has 0 saturated carbocycles. The van der Waals surface area contributed by atoms with Crippen molar-refractivity contribution >= 4 is 17.5 Å². The Hall–Kier alpha value is -2.82. The second-order valence-corrected chi connectivity index (χ2v) is 6.73. The number of hydrogen-bond donors (Lipinski definition) is 2. The Kier molecular flexibility index (Phi) is 7.47. The molecule has 1 atom stereocenters. The molecule has 0 fully saturated rings. The number of carbonyl (C=O) groups excluding carboxylic acids is 1. The van der Waals surface area contributed by atoms with E-state index in [9.17, 15) is 4.79 Å². The summed E-state index contributed by atoms with van der Waals surface area (Å²) in [4.78, 5) is 12.2. The van der Waals surface area contributed by atoms with Gasteiger partial charge in [-0.25, -0.2) is 0 Å². The molecule has 0 aliphatic carbocycles. The van der Waals surface area contributed by atoms with Crippen LogP contribution in [0.25, 0.3) is 0 Å². The Morgan fingerprint density at radius 3 is 2.29 bits per heavy atom. The first kappa shape index (κ1) is 19.9. The molecule has 0 radical (unpaired) electrons. The smallest absolute Gasteiger partial charge is 0.234 e. The van der Waals surface area contributed by atoms with E-state index >= 15 is 0 Å². The minimum Gasteiger partial charge on any atom is -0.492 e. The van der Waals surface area contributed by atoms with Gasteiger partial charge in [0.25, 0.3) is 0 Å². The zero-order valence-electron chi connectivity index (χ0n) is 15.5. The summed E-state index contributed by atoms with van der Waals surface area (Å²) in [5, 5.41) is 6.87. The quantitative estimate of drug-likeness (QED) is 0.534. The van der Waals surface area contributed by atoms with Crippen LogP contribution >= 0.6 is 11.6 Å². The van der Waals surface area contributed by atoms with E-state index in [1.54, 1.807) is 0 Å². The van der Waals surface area contributed by atoms with Gasteiger partial charge in [0.1, 0.15) is 12.4 Å². The summed E-state index contributed by atoms with van der Waals surface area (Å²) in [5.74, 6) is 0.708. The molecule has 28 heavy (non-hydrogen) atoms. The van der Waals surface area contributed by atoms with E-state index in [0.29, 0.717) is 18.2 Å². The molecule has 3 rings (SSSR count). The van der Waals surface area contributed by atoms with Crippen LogP contribution in [0, 0.1) is 0 Å². The third kappa shape index (κ3) is 6.12. The Morgan fingerprint density at radius 1 is 0.893 bits per heavy atom. The predicted octanol–water partition coefficient (Wildman–Crippen LogP) is 4.21. The van der Waals surface area contributed by atoms with Crippen molar-refractivity contribution < 1.29 is 9.53 Å². The zero-order chi connectivity index (χ0) is 19.6. The standard InChI is InChI=1S/C23H23ClN2O2/c24-20-11-7-10-19(16-20)23(18-8-3-1-4-9-18)26-17-22(27)25-14-15-28-21-12-5-2-6-13-21/h1-13,16,23,26H,14-15,17H2,(H,25,27). The highest BCUT2D eigenvalue weighted by Crippen LogP contribution is 2.24. The highest BCUT2D eigenvalue weighted by Gasteiger charge is 2.15. The molecule has 0 aliphatic heterocycles. The molecule has 0 spiro atoms. The number of rotatable bonds is 9. The van der Waals surface area contributed by atoms with Crippen molar-refractivity contribution in [3.63, 3.8) is 0 Å². The van der Waals surface area contributed by atoms with Crippen LogP contribution in [0.15, 0.2) is 84.9 Å². The third-order valence-corrected chi connectivity index (χ3v) is 4.45. The van der Waals surface area contributed by atoms with Crippen molar-refractivity contribution in [3.8, 4) is 5.75 Å². The lowest BCUT2D eigenvalue weighted by atomic mass is 9.99. The lowest BCUT2D eigenvalue weighted by Gasteiger charge is -2.20. The van der Waals surface area contributed by atoms with E-state index in [4.69, 9.17) is 16.3 Å². The molecule has 0 saturated heterocycles. The van der Waals surface area contributed by atoms with E-state index in [-0.39, 0.29) is 18.5 Å². The second-order valence-electron chi connectivity index (χ2n) is 6.29. The minimum absolute atomic E-state index is 0.0837. The molecule has 3 aromatic carbocycles. The summed E-state index contributed by atoms with van der Waals surface area (Å²) in [5.41, 5.74) is 2.09. The van der Waals surface area contributed by atoms with E-state index in [0.717, 1.165) is 16.9 Å². The normalized spacial score (nSPS) is 11.6. The first-order chi connectivity index (χ1) is 13.7.